The highest BCUT2D eigenvalue weighted by Gasteiger charge is 2.43. The van der Waals surface area contributed by atoms with Crippen molar-refractivity contribution in [1.82, 2.24) is 19.6 Å². The summed E-state index contributed by atoms with van der Waals surface area (Å²) in [6.07, 6.45) is 13.8. The number of amides is 1. The monoisotopic (exact) mass is 490 g/mol. The van der Waals surface area contributed by atoms with E-state index in [9.17, 15) is 17.6 Å². The van der Waals surface area contributed by atoms with Crippen LogP contribution >= 0.6 is 0 Å². The third-order valence-electron chi connectivity index (χ3n) is 7.62. The van der Waals surface area contributed by atoms with Crippen molar-refractivity contribution in [1.29, 1.82) is 0 Å². The number of likely N-dealkylation sites (tertiary alicyclic amines) is 1. The number of benzene rings is 1. The van der Waals surface area contributed by atoms with Crippen molar-refractivity contribution >= 4 is 15.9 Å². The van der Waals surface area contributed by atoms with Crippen LogP contribution in [0, 0.1) is 17.2 Å². The van der Waals surface area contributed by atoms with Gasteiger partial charge < -0.3 is 9.88 Å². The molecule has 186 valence electrons. The van der Waals surface area contributed by atoms with E-state index in [1.54, 1.807) is 23.2 Å². The smallest absolute Gasteiger partial charge is 0.241 e. The van der Waals surface area contributed by atoms with Gasteiger partial charge in [0.15, 0.2) is 0 Å². The molecule has 1 aliphatic carbocycles. The summed E-state index contributed by atoms with van der Waals surface area (Å²) >= 11 is 0. The van der Waals surface area contributed by atoms with Crippen LogP contribution in [0.15, 0.2) is 36.7 Å². The molecule has 1 amide bonds. The number of nitrogens with one attached hydrogen (secondary N) is 2. The zero-order valence-electron chi connectivity index (χ0n) is 19.8. The molecule has 1 aromatic heterocycles. The van der Waals surface area contributed by atoms with E-state index in [1.165, 1.54) is 44.2 Å². The molecule has 2 aliphatic rings. The summed E-state index contributed by atoms with van der Waals surface area (Å²) in [6, 6.07) is 4.92. The summed E-state index contributed by atoms with van der Waals surface area (Å²) < 4.78 is 39.8. The normalized spacial score (nSPS) is 20.2. The predicted octanol–water partition coefficient (Wildman–Crippen LogP) is 3.44. The van der Waals surface area contributed by atoms with Gasteiger partial charge in [-0.2, -0.15) is 0 Å². The largest absolute Gasteiger partial charge is 0.349 e. The number of aromatic amines is 1. The number of halogens is 1. The zero-order chi connectivity index (χ0) is 24.2. The standard InChI is InChI=1S/C25H35FN4O3S/c1-34(32,33)29-22(17-19-7-9-21(26)10-8-19)24(31)30-15-11-25(12-16-30,18-23-27-13-14-28-23)20-5-3-2-4-6-20/h7-10,13-14,20,22,29H,2-6,11-12,15-18H2,1H3,(H,27,28)/t22-/m1/s1. The number of hydrogen-bond acceptors (Lipinski definition) is 4. The first-order valence-electron chi connectivity index (χ1n) is 12.2. The minimum absolute atomic E-state index is 0.103. The van der Waals surface area contributed by atoms with Crippen LogP contribution in [-0.2, 0) is 27.7 Å². The quantitative estimate of drug-likeness (QED) is 0.593. The molecule has 2 N–H and O–H groups in total. The molecule has 2 fully saturated rings. The Morgan fingerprint density at radius 1 is 1.21 bits per heavy atom. The van der Waals surface area contributed by atoms with Crippen molar-refractivity contribution in [3.63, 3.8) is 0 Å². The molecule has 34 heavy (non-hydrogen) atoms. The molecule has 4 rings (SSSR count). The van der Waals surface area contributed by atoms with Gasteiger partial charge in [-0.05, 0) is 61.1 Å². The van der Waals surface area contributed by atoms with Crippen LogP contribution in [0.1, 0.15) is 56.3 Å². The summed E-state index contributed by atoms with van der Waals surface area (Å²) in [5, 5.41) is 0. The number of hydrogen-bond donors (Lipinski definition) is 2. The fourth-order valence-electron chi connectivity index (χ4n) is 5.86. The van der Waals surface area contributed by atoms with E-state index in [1.807, 2.05) is 6.20 Å². The lowest BCUT2D eigenvalue weighted by Crippen LogP contribution is -2.54. The van der Waals surface area contributed by atoms with E-state index in [0.29, 0.717) is 24.6 Å². The Kier molecular flexibility index (Phi) is 7.72. The van der Waals surface area contributed by atoms with Gasteiger partial charge in [0.2, 0.25) is 15.9 Å². The van der Waals surface area contributed by atoms with Gasteiger partial charge in [0.25, 0.3) is 0 Å². The van der Waals surface area contributed by atoms with Gasteiger partial charge in [-0.15, -0.1) is 0 Å². The molecular formula is C25H35FN4O3S. The third kappa shape index (κ3) is 6.24. The first kappa shape index (κ1) is 24.9. The van der Waals surface area contributed by atoms with E-state index in [2.05, 4.69) is 14.7 Å². The van der Waals surface area contributed by atoms with Crippen LogP contribution in [0.5, 0.6) is 0 Å². The van der Waals surface area contributed by atoms with E-state index in [4.69, 9.17) is 0 Å². The number of sulfonamides is 1. The number of aromatic nitrogens is 2. The summed E-state index contributed by atoms with van der Waals surface area (Å²) in [6.45, 7) is 1.20. The summed E-state index contributed by atoms with van der Waals surface area (Å²) in [7, 11) is -3.59. The molecule has 7 nitrogen and oxygen atoms in total. The third-order valence-corrected chi connectivity index (χ3v) is 8.34. The van der Waals surface area contributed by atoms with Gasteiger partial charge in [0.05, 0.1) is 6.26 Å². The highest BCUT2D eigenvalue weighted by atomic mass is 32.2. The van der Waals surface area contributed by atoms with Crippen molar-refractivity contribution in [2.24, 2.45) is 11.3 Å². The van der Waals surface area contributed by atoms with Gasteiger partial charge >= 0.3 is 0 Å². The topological polar surface area (TPSA) is 95.2 Å². The van der Waals surface area contributed by atoms with Crippen molar-refractivity contribution in [3.05, 3.63) is 53.9 Å². The molecule has 0 radical (unpaired) electrons. The van der Waals surface area contributed by atoms with E-state index in [0.717, 1.165) is 31.3 Å². The second kappa shape index (κ2) is 10.6. The van der Waals surface area contributed by atoms with Crippen LogP contribution in [0.4, 0.5) is 4.39 Å². The van der Waals surface area contributed by atoms with Crippen LogP contribution < -0.4 is 4.72 Å². The van der Waals surface area contributed by atoms with E-state index >= 15 is 0 Å². The maximum absolute atomic E-state index is 13.5. The molecule has 1 saturated carbocycles. The number of imidazole rings is 1. The fraction of sp³-hybridized carbons (Fsp3) is 0.600. The van der Waals surface area contributed by atoms with Gasteiger partial charge in [-0.25, -0.2) is 22.5 Å². The maximum atomic E-state index is 13.5. The van der Waals surface area contributed by atoms with Crippen LogP contribution in [0.3, 0.4) is 0 Å². The average molecular weight is 491 g/mol. The minimum atomic E-state index is -3.59. The van der Waals surface area contributed by atoms with E-state index < -0.39 is 16.1 Å². The average Bonchev–Trinajstić information content (AvgIpc) is 3.33. The molecular weight excluding hydrogens is 455 g/mol. The first-order chi connectivity index (χ1) is 16.2. The molecule has 1 saturated heterocycles. The Morgan fingerprint density at radius 2 is 1.88 bits per heavy atom. The molecule has 1 aromatic carbocycles. The molecule has 0 bridgehead atoms. The van der Waals surface area contributed by atoms with E-state index in [-0.39, 0.29) is 23.6 Å². The Balaban J connectivity index is 1.48. The van der Waals surface area contributed by atoms with Crippen molar-refractivity contribution in [2.75, 3.05) is 19.3 Å². The van der Waals surface area contributed by atoms with Crippen molar-refractivity contribution < 1.29 is 17.6 Å². The second-order valence-electron chi connectivity index (χ2n) is 10.0. The number of piperidine rings is 1. The second-order valence-corrected chi connectivity index (χ2v) is 11.8. The zero-order valence-corrected chi connectivity index (χ0v) is 20.6. The predicted molar refractivity (Wildman–Crippen MR) is 129 cm³/mol. The number of carbonyl (C=O) groups excluding carboxylic acids is 1. The molecule has 0 unspecified atom stereocenters. The molecule has 1 atom stereocenters. The highest BCUT2D eigenvalue weighted by molar-refractivity contribution is 7.88. The lowest BCUT2D eigenvalue weighted by molar-refractivity contribution is -0.136. The maximum Gasteiger partial charge on any atom is 0.241 e. The Morgan fingerprint density at radius 3 is 2.47 bits per heavy atom. The minimum Gasteiger partial charge on any atom is -0.349 e. The lowest BCUT2D eigenvalue weighted by Gasteiger charge is -2.48. The van der Waals surface area contributed by atoms with Crippen LogP contribution in [0.25, 0.3) is 0 Å². The van der Waals surface area contributed by atoms with Crippen molar-refractivity contribution in [3.8, 4) is 0 Å². The molecule has 2 aromatic rings. The Bertz CT molecular complexity index is 1040. The fourth-order valence-corrected chi connectivity index (χ4v) is 6.56. The number of rotatable bonds is 8. The van der Waals surface area contributed by atoms with Gasteiger partial charge in [-0.3, -0.25) is 4.79 Å². The van der Waals surface area contributed by atoms with Gasteiger partial charge in [0.1, 0.15) is 17.7 Å². The van der Waals surface area contributed by atoms with Crippen LogP contribution in [-0.4, -0.2) is 54.6 Å². The molecule has 1 aliphatic heterocycles. The number of carbonyl (C=O) groups is 1. The molecule has 9 heteroatoms. The number of nitrogens with zero attached hydrogens (tertiary/aromatic N) is 2. The summed E-state index contributed by atoms with van der Waals surface area (Å²) in [5.74, 6) is 1.03. The van der Waals surface area contributed by atoms with Gasteiger partial charge in [-0.1, -0.05) is 31.4 Å². The molecule has 0 spiro atoms. The number of H-pyrrole nitrogens is 1. The molecule has 2 heterocycles. The highest BCUT2D eigenvalue weighted by Crippen LogP contribution is 2.47. The van der Waals surface area contributed by atoms with Gasteiger partial charge in [0, 0.05) is 31.9 Å². The first-order valence-corrected chi connectivity index (χ1v) is 14.1. The summed E-state index contributed by atoms with van der Waals surface area (Å²) in [5.41, 5.74) is 0.813. The summed E-state index contributed by atoms with van der Waals surface area (Å²) in [4.78, 5) is 23.0. The SMILES string of the molecule is CS(=O)(=O)N[C@H](Cc1ccc(F)cc1)C(=O)N1CCC(Cc2ncc[nH]2)(C2CCCCC2)CC1. The lowest BCUT2D eigenvalue weighted by atomic mass is 9.62. The van der Waals surface area contributed by atoms with Crippen LogP contribution in [0.2, 0.25) is 0 Å². The Labute approximate surface area is 201 Å². The van der Waals surface area contributed by atoms with Crippen molar-refractivity contribution in [2.45, 2.75) is 63.8 Å². The Hall–Kier alpha value is -2.26.